The van der Waals surface area contributed by atoms with Crippen LogP contribution in [0.25, 0.3) is 10.6 Å². The van der Waals surface area contributed by atoms with Gasteiger partial charge >= 0.3 is 0 Å². The minimum Gasteiger partial charge on any atom is -0.354 e. The zero-order valence-corrected chi connectivity index (χ0v) is 9.77. The number of anilines is 1. The van der Waals surface area contributed by atoms with Crippen LogP contribution in [0, 0.1) is 0 Å². The number of hydrogen-bond donors (Lipinski definition) is 1. The molecule has 2 aromatic rings. The quantitative estimate of drug-likeness (QED) is 0.893. The molecule has 2 aromatic heterocycles. The Morgan fingerprint density at radius 2 is 2.27 bits per heavy atom. The summed E-state index contributed by atoms with van der Waals surface area (Å²) in [5.74, 6) is 0.652. The predicted molar refractivity (Wildman–Crippen MR) is 64.5 cm³/mol. The molecule has 0 aliphatic heterocycles. The minimum absolute atomic E-state index is 0.652. The van der Waals surface area contributed by atoms with Gasteiger partial charge in [0.15, 0.2) is 0 Å². The van der Waals surface area contributed by atoms with Crippen LogP contribution >= 0.6 is 22.9 Å². The highest BCUT2D eigenvalue weighted by molar-refractivity contribution is 7.19. The molecule has 3 nitrogen and oxygen atoms in total. The molecule has 0 fully saturated rings. The molecule has 0 unspecified atom stereocenters. The van der Waals surface area contributed by atoms with E-state index in [4.69, 9.17) is 11.6 Å². The number of nitrogens with zero attached hydrogens (tertiary/aromatic N) is 2. The Bertz CT molecular complexity index is 455. The van der Waals surface area contributed by atoms with E-state index in [2.05, 4.69) is 15.3 Å². The first kappa shape index (κ1) is 10.4. The van der Waals surface area contributed by atoms with Gasteiger partial charge in [-0.25, -0.2) is 9.97 Å². The molecule has 2 rings (SSSR count). The second-order valence-electron chi connectivity index (χ2n) is 2.90. The van der Waals surface area contributed by atoms with Crippen molar-refractivity contribution >= 4 is 28.9 Å². The summed E-state index contributed by atoms with van der Waals surface area (Å²) in [5.41, 5.74) is 0.901. The maximum atomic E-state index is 5.87. The second kappa shape index (κ2) is 4.59. The molecule has 1 N–H and O–H groups in total. The van der Waals surface area contributed by atoms with Crippen LogP contribution in [0.15, 0.2) is 24.4 Å². The summed E-state index contributed by atoms with van der Waals surface area (Å²) in [4.78, 5) is 9.54. The average molecular weight is 240 g/mol. The van der Waals surface area contributed by atoms with Crippen LogP contribution in [-0.4, -0.2) is 16.5 Å². The first-order chi connectivity index (χ1) is 7.29. The van der Waals surface area contributed by atoms with E-state index in [1.165, 1.54) is 11.3 Å². The summed E-state index contributed by atoms with van der Waals surface area (Å²) < 4.78 is 0.772. The van der Waals surface area contributed by atoms with Crippen LogP contribution in [-0.2, 0) is 0 Å². The highest BCUT2D eigenvalue weighted by atomic mass is 35.5. The molecule has 0 aliphatic carbocycles. The average Bonchev–Trinajstić information content (AvgIpc) is 2.66. The molecular formula is C10H10ClN3S. The number of thiophene rings is 1. The van der Waals surface area contributed by atoms with E-state index in [1.54, 1.807) is 6.20 Å². The number of hydrogen-bond acceptors (Lipinski definition) is 4. The monoisotopic (exact) mass is 239 g/mol. The van der Waals surface area contributed by atoms with E-state index in [9.17, 15) is 0 Å². The molecule has 5 heteroatoms. The summed E-state index contributed by atoms with van der Waals surface area (Å²) >= 11 is 7.39. The van der Waals surface area contributed by atoms with E-state index in [0.29, 0.717) is 5.95 Å². The summed E-state index contributed by atoms with van der Waals surface area (Å²) in [6.07, 6.45) is 1.74. The lowest BCUT2D eigenvalue weighted by Crippen LogP contribution is -2.01. The molecule has 0 aromatic carbocycles. The van der Waals surface area contributed by atoms with Gasteiger partial charge in [0.25, 0.3) is 0 Å². The summed E-state index contributed by atoms with van der Waals surface area (Å²) in [5, 5.41) is 3.07. The van der Waals surface area contributed by atoms with Gasteiger partial charge in [0.05, 0.1) is 14.9 Å². The second-order valence-corrected chi connectivity index (χ2v) is 4.61. The molecule has 0 radical (unpaired) electrons. The molecule has 78 valence electrons. The molecule has 15 heavy (non-hydrogen) atoms. The summed E-state index contributed by atoms with van der Waals surface area (Å²) in [6, 6.07) is 5.71. The van der Waals surface area contributed by atoms with Gasteiger partial charge in [-0.15, -0.1) is 11.3 Å². The van der Waals surface area contributed by atoms with Crippen molar-refractivity contribution in [2.75, 3.05) is 11.9 Å². The van der Waals surface area contributed by atoms with Crippen LogP contribution in [0.4, 0.5) is 5.95 Å². The third kappa shape index (κ3) is 2.46. The van der Waals surface area contributed by atoms with E-state index in [-0.39, 0.29) is 0 Å². The Hall–Kier alpha value is -1.13. The van der Waals surface area contributed by atoms with Crippen LogP contribution in [0.1, 0.15) is 6.92 Å². The van der Waals surface area contributed by atoms with Gasteiger partial charge in [0.2, 0.25) is 5.95 Å². The number of nitrogens with one attached hydrogen (secondary N) is 1. The standard InChI is InChI=1S/C10H10ClN3S/c1-2-12-10-13-6-5-7(14-10)8-3-4-9(11)15-8/h3-6H,2H2,1H3,(H,12,13,14). The maximum Gasteiger partial charge on any atom is 0.223 e. The highest BCUT2D eigenvalue weighted by Gasteiger charge is 2.04. The van der Waals surface area contributed by atoms with Crippen molar-refractivity contribution in [3.05, 3.63) is 28.7 Å². The Morgan fingerprint density at radius 1 is 1.40 bits per heavy atom. The lowest BCUT2D eigenvalue weighted by Gasteiger charge is -2.02. The fourth-order valence-corrected chi connectivity index (χ4v) is 2.20. The van der Waals surface area contributed by atoms with Crippen molar-refractivity contribution in [1.82, 2.24) is 9.97 Å². The number of aromatic nitrogens is 2. The van der Waals surface area contributed by atoms with Crippen molar-refractivity contribution in [2.24, 2.45) is 0 Å². The normalized spacial score (nSPS) is 10.3. The smallest absolute Gasteiger partial charge is 0.223 e. The zero-order chi connectivity index (χ0) is 10.7. The lowest BCUT2D eigenvalue weighted by molar-refractivity contribution is 1.09. The van der Waals surface area contributed by atoms with Crippen molar-refractivity contribution in [3.63, 3.8) is 0 Å². The largest absolute Gasteiger partial charge is 0.354 e. The SMILES string of the molecule is CCNc1nccc(-c2ccc(Cl)s2)n1. The first-order valence-electron chi connectivity index (χ1n) is 4.62. The maximum absolute atomic E-state index is 5.87. The number of halogens is 1. The van der Waals surface area contributed by atoms with Gasteiger partial charge in [-0.2, -0.15) is 0 Å². The molecule has 0 aliphatic rings. The first-order valence-corrected chi connectivity index (χ1v) is 5.81. The highest BCUT2D eigenvalue weighted by Crippen LogP contribution is 2.29. The van der Waals surface area contributed by atoms with Gasteiger partial charge in [-0.05, 0) is 25.1 Å². The van der Waals surface area contributed by atoms with E-state index < -0.39 is 0 Å². The summed E-state index contributed by atoms with van der Waals surface area (Å²) in [6.45, 7) is 2.83. The van der Waals surface area contributed by atoms with Gasteiger partial charge in [-0.3, -0.25) is 0 Å². The van der Waals surface area contributed by atoms with Crippen molar-refractivity contribution in [2.45, 2.75) is 6.92 Å². The molecule has 2 heterocycles. The van der Waals surface area contributed by atoms with Gasteiger partial charge < -0.3 is 5.32 Å². The molecule has 0 saturated carbocycles. The van der Waals surface area contributed by atoms with Gasteiger partial charge in [0, 0.05) is 12.7 Å². The Labute approximate surface area is 97.2 Å². The molecule has 0 saturated heterocycles. The van der Waals surface area contributed by atoms with Crippen molar-refractivity contribution in [1.29, 1.82) is 0 Å². The number of rotatable bonds is 3. The van der Waals surface area contributed by atoms with E-state index >= 15 is 0 Å². The topological polar surface area (TPSA) is 37.8 Å². The Balaban J connectivity index is 2.32. The minimum atomic E-state index is 0.652. The third-order valence-electron chi connectivity index (χ3n) is 1.82. The van der Waals surface area contributed by atoms with Crippen LogP contribution in [0.5, 0.6) is 0 Å². The van der Waals surface area contributed by atoms with Crippen LogP contribution in [0.2, 0.25) is 4.34 Å². The van der Waals surface area contributed by atoms with Crippen LogP contribution < -0.4 is 5.32 Å². The molecule has 0 atom stereocenters. The Kier molecular flexibility index (Phi) is 3.18. The Morgan fingerprint density at radius 3 is 2.93 bits per heavy atom. The predicted octanol–water partition coefficient (Wildman–Crippen LogP) is 3.29. The van der Waals surface area contributed by atoms with E-state index in [0.717, 1.165) is 21.5 Å². The van der Waals surface area contributed by atoms with Crippen LogP contribution in [0.3, 0.4) is 0 Å². The molecule has 0 bridgehead atoms. The third-order valence-corrected chi connectivity index (χ3v) is 3.07. The fourth-order valence-electron chi connectivity index (χ4n) is 1.19. The van der Waals surface area contributed by atoms with Gasteiger partial charge in [0.1, 0.15) is 0 Å². The summed E-state index contributed by atoms with van der Waals surface area (Å²) in [7, 11) is 0. The fraction of sp³-hybridized carbons (Fsp3) is 0.200. The van der Waals surface area contributed by atoms with E-state index in [1.807, 2.05) is 25.1 Å². The van der Waals surface area contributed by atoms with Gasteiger partial charge in [-0.1, -0.05) is 11.6 Å². The lowest BCUT2D eigenvalue weighted by atomic mass is 10.3. The zero-order valence-electron chi connectivity index (χ0n) is 8.20. The molecule has 0 amide bonds. The molecule has 0 spiro atoms. The molecular weight excluding hydrogens is 230 g/mol. The van der Waals surface area contributed by atoms with Crippen molar-refractivity contribution in [3.8, 4) is 10.6 Å². The van der Waals surface area contributed by atoms with Crippen molar-refractivity contribution < 1.29 is 0 Å².